The van der Waals surface area contributed by atoms with E-state index in [1.165, 1.54) is 96.3 Å². The fourth-order valence-corrected chi connectivity index (χ4v) is 6.07. The van der Waals surface area contributed by atoms with Gasteiger partial charge in [0, 0.05) is 12.1 Å². The first-order valence-corrected chi connectivity index (χ1v) is 12.0. The van der Waals surface area contributed by atoms with Gasteiger partial charge in [-0.2, -0.15) is 0 Å². The molecule has 0 radical (unpaired) electrons. The summed E-state index contributed by atoms with van der Waals surface area (Å²) < 4.78 is 0. The summed E-state index contributed by atoms with van der Waals surface area (Å²) in [6, 6.07) is 0.934. The van der Waals surface area contributed by atoms with Crippen molar-refractivity contribution < 1.29 is 0 Å². The molecule has 0 bridgehead atoms. The molecule has 0 heterocycles. The summed E-state index contributed by atoms with van der Waals surface area (Å²) in [4.78, 5) is 0. The van der Waals surface area contributed by atoms with E-state index < -0.39 is 0 Å². The lowest BCUT2D eigenvalue weighted by molar-refractivity contribution is 0.0207. The molecule has 2 aliphatic carbocycles. The molecular formula is C24H48N2. The van der Waals surface area contributed by atoms with Crippen molar-refractivity contribution in [3.05, 3.63) is 0 Å². The molecule has 2 rings (SSSR count). The normalized spacial score (nSPS) is 31.7. The third-order valence-electron chi connectivity index (χ3n) is 8.03. The Balaban J connectivity index is 1.94. The number of rotatable bonds is 10. The first-order valence-electron chi connectivity index (χ1n) is 12.0. The molecule has 2 nitrogen and oxygen atoms in total. The van der Waals surface area contributed by atoms with Crippen molar-refractivity contribution in [2.45, 2.75) is 129 Å². The van der Waals surface area contributed by atoms with E-state index in [9.17, 15) is 0 Å². The van der Waals surface area contributed by atoms with Gasteiger partial charge in [-0.1, -0.05) is 59.3 Å². The van der Waals surface area contributed by atoms with Gasteiger partial charge in [-0.25, -0.2) is 0 Å². The molecule has 0 amide bonds. The van der Waals surface area contributed by atoms with Crippen LogP contribution < -0.4 is 11.5 Å². The van der Waals surface area contributed by atoms with Gasteiger partial charge in [-0.3, -0.25) is 0 Å². The number of hydrogen-bond acceptors (Lipinski definition) is 2. The highest BCUT2D eigenvalue weighted by Crippen LogP contribution is 2.50. The summed E-state index contributed by atoms with van der Waals surface area (Å²) in [5.74, 6) is 2.68. The zero-order valence-electron chi connectivity index (χ0n) is 18.1. The summed E-state index contributed by atoms with van der Waals surface area (Å²) in [6.45, 7) is 7.51. The molecule has 2 fully saturated rings. The fourth-order valence-electron chi connectivity index (χ4n) is 6.07. The molecule has 0 aromatic rings. The van der Waals surface area contributed by atoms with Crippen molar-refractivity contribution in [2.24, 2.45) is 34.6 Å². The van der Waals surface area contributed by atoms with Crippen LogP contribution in [0.1, 0.15) is 117 Å². The third-order valence-corrected chi connectivity index (χ3v) is 8.03. The fraction of sp³-hybridized carbons (Fsp3) is 1.00. The van der Waals surface area contributed by atoms with E-state index in [0.29, 0.717) is 17.5 Å². The van der Waals surface area contributed by atoms with Gasteiger partial charge in [0.05, 0.1) is 0 Å². The van der Waals surface area contributed by atoms with Gasteiger partial charge in [0.25, 0.3) is 0 Å². The molecule has 0 aliphatic heterocycles. The lowest BCUT2D eigenvalue weighted by Gasteiger charge is -2.48. The molecule has 2 aliphatic rings. The summed E-state index contributed by atoms with van der Waals surface area (Å²) in [5.41, 5.74) is 12.9. The second-order valence-corrected chi connectivity index (χ2v) is 10.3. The van der Waals surface area contributed by atoms with Gasteiger partial charge in [0.15, 0.2) is 0 Å². The zero-order chi connectivity index (χ0) is 19.0. The molecule has 2 saturated carbocycles. The molecule has 0 aromatic heterocycles. The monoisotopic (exact) mass is 364 g/mol. The molecular weight excluding hydrogens is 316 g/mol. The summed E-state index contributed by atoms with van der Waals surface area (Å²) in [6.07, 6.45) is 20.4. The van der Waals surface area contributed by atoms with Crippen molar-refractivity contribution in [3.8, 4) is 0 Å². The third kappa shape index (κ3) is 6.51. The van der Waals surface area contributed by atoms with Gasteiger partial charge in [0.1, 0.15) is 0 Å². The Bertz CT molecular complexity index is 362. The van der Waals surface area contributed by atoms with Crippen LogP contribution in [0.15, 0.2) is 0 Å². The number of unbranched alkanes of at least 4 members (excludes halogenated alkanes) is 5. The largest absolute Gasteiger partial charge is 0.328 e. The van der Waals surface area contributed by atoms with Crippen LogP contribution >= 0.6 is 0 Å². The summed E-state index contributed by atoms with van der Waals surface area (Å²) >= 11 is 0. The predicted molar refractivity (Wildman–Crippen MR) is 115 cm³/mol. The van der Waals surface area contributed by atoms with Crippen molar-refractivity contribution in [3.63, 3.8) is 0 Å². The van der Waals surface area contributed by atoms with Crippen molar-refractivity contribution in [1.29, 1.82) is 0 Å². The second kappa shape index (κ2) is 11.1. The quantitative estimate of drug-likeness (QED) is 0.440. The number of nitrogens with two attached hydrogens (primary N) is 2. The standard InChI is InChI=1S/C24H48N2/c1-4-5-6-7-8-9-10-23(19-11-15-21(25)16-12-19)24(2,3)20-13-17-22(26)18-14-20/h19-23H,4-18,25-26H2,1-3H3. The van der Waals surface area contributed by atoms with Gasteiger partial charge in [-0.05, 0) is 81.0 Å². The molecule has 0 aromatic carbocycles. The Labute approximate surface area is 164 Å². The Hall–Kier alpha value is -0.0800. The van der Waals surface area contributed by atoms with E-state index in [4.69, 9.17) is 11.5 Å². The minimum absolute atomic E-state index is 0.465. The van der Waals surface area contributed by atoms with E-state index in [0.717, 1.165) is 17.8 Å². The second-order valence-electron chi connectivity index (χ2n) is 10.3. The molecule has 2 heteroatoms. The zero-order valence-corrected chi connectivity index (χ0v) is 18.1. The van der Waals surface area contributed by atoms with Crippen molar-refractivity contribution >= 4 is 0 Å². The van der Waals surface area contributed by atoms with Crippen LogP contribution in [0, 0.1) is 23.2 Å². The van der Waals surface area contributed by atoms with Gasteiger partial charge in [-0.15, -0.1) is 0 Å². The van der Waals surface area contributed by atoms with E-state index in [-0.39, 0.29) is 0 Å². The van der Waals surface area contributed by atoms with E-state index in [1.54, 1.807) is 0 Å². The maximum absolute atomic E-state index is 6.22. The van der Waals surface area contributed by atoms with E-state index >= 15 is 0 Å². The lowest BCUT2D eigenvalue weighted by Crippen LogP contribution is -2.42. The first-order chi connectivity index (χ1) is 12.4. The van der Waals surface area contributed by atoms with Crippen LogP contribution in [0.3, 0.4) is 0 Å². The van der Waals surface area contributed by atoms with Crippen LogP contribution in [-0.4, -0.2) is 12.1 Å². The van der Waals surface area contributed by atoms with Gasteiger partial charge in [0.2, 0.25) is 0 Å². The highest BCUT2D eigenvalue weighted by atomic mass is 14.6. The van der Waals surface area contributed by atoms with Crippen LogP contribution in [0.5, 0.6) is 0 Å². The average Bonchev–Trinajstić information content (AvgIpc) is 2.62. The Kier molecular flexibility index (Phi) is 9.44. The van der Waals surface area contributed by atoms with Crippen molar-refractivity contribution in [2.75, 3.05) is 0 Å². The van der Waals surface area contributed by atoms with Gasteiger partial charge < -0.3 is 11.5 Å². The molecule has 26 heavy (non-hydrogen) atoms. The summed E-state index contributed by atoms with van der Waals surface area (Å²) in [5, 5.41) is 0. The maximum Gasteiger partial charge on any atom is 0.00390 e. The number of hydrogen-bond donors (Lipinski definition) is 2. The topological polar surface area (TPSA) is 52.0 Å². The smallest absolute Gasteiger partial charge is 0.00390 e. The highest BCUT2D eigenvalue weighted by Gasteiger charge is 2.42. The molecule has 0 saturated heterocycles. The van der Waals surface area contributed by atoms with E-state index in [1.807, 2.05) is 0 Å². The van der Waals surface area contributed by atoms with Crippen LogP contribution in [0.2, 0.25) is 0 Å². The SMILES string of the molecule is CCCCCCCCC(C1CCC(N)CC1)C(C)(C)C1CCC(N)CC1. The minimum Gasteiger partial charge on any atom is -0.328 e. The molecule has 1 atom stereocenters. The minimum atomic E-state index is 0.465. The first kappa shape index (κ1) is 22.2. The molecule has 4 N–H and O–H groups in total. The maximum atomic E-state index is 6.22. The molecule has 154 valence electrons. The lowest BCUT2D eigenvalue weighted by atomic mass is 9.57. The predicted octanol–water partition coefficient (Wildman–Crippen LogP) is 6.41. The summed E-state index contributed by atoms with van der Waals surface area (Å²) in [7, 11) is 0. The Morgan fingerprint density at radius 1 is 0.731 bits per heavy atom. The van der Waals surface area contributed by atoms with Gasteiger partial charge >= 0.3 is 0 Å². The molecule has 0 spiro atoms. The van der Waals surface area contributed by atoms with Crippen LogP contribution in [0.4, 0.5) is 0 Å². The van der Waals surface area contributed by atoms with Crippen molar-refractivity contribution in [1.82, 2.24) is 0 Å². The average molecular weight is 365 g/mol. The molecule has 1 unspecified atom stereocenters. The Morgan fingerprint density at radius 3 is 1.81 bits per heavy atom. The Morgan fingerprint density at radius 2 is 1.23 bits per heavy atom. The van der Waals surface area contributed by atoms with Crippen LogP contribution in [-0.2, 0) is 0 Å². The van der Waals surface area contributed by atoms with Crippen LogP contribution in [0.25, 0.3) is 0 Å². The van der Waals surface area contributed by atoms with E-state index in [2.05, 4.69) is 20.8 Å². The highest BCUT2D eigenvalue weighted by molar-refractivity contribution is 4.93.